The van der Waals surface area contributed by atoms with Crippen molar-refractivity contribution >= 4 is 24.0 Å². The first-order chi connectivity index (χ1) is 8.51. The number of aryl methyl sites for hydroxylation is 2. The number of hydrogen-bond acceptors (Lipinski definition) is 1. The smallest absolute Gasteiger partial charge is 0.125 e. The number of benzene rings is 2. The van der Waals surface area contributed by atoms with Crippen molar-refractivity contribution in [2.75, 3.05) is 0 Å². The van der Waals surface area contributed by atoms with Crippen molar-refractivity contribution in [1.82, 2.24) is 0 Å². The molecule has 0 radical (unpaired) electrons. The molecule has 0 amide bonds. The van der Waals surface area contributed by atoms with Crippen molar-refractivity contribution in [3.63, 3.8) is 0 Å². The Hall–Kier alpha value is -1.09. The van der Waals surface area contributed by atoms with Gasteiger partial charge in [-0.3, -0.25) is 0 Å². The van der Waals surface area contributed by atoms with Crippen LogP contribution in [-0.2, 0) is 6.54 Å². The zero-order valence-electron chi connectivity index (χ0n) is 10.8. The van der Waals surface area contributed by atoms with Crippen LogP contribution in [0, 0.1) is 19.7 Å². The molecule has 0 aliphatic rings. The summed E-state index contributed by atoms with van der Waals surface area (Å²) in [5.41, 5.74) is 10.8. The van der Waals surface area contributed by atoms with Crippen LogP contribution in [0.4, 0.5) is 4.39 Å². The van der Waals surface area contributed by atoms with Gasteiger partial charge in [-0.05, 0) is 59.9 Å². The Labute approximate surface area is 124 Å². The summed E-state index contributed by atoms with van der Waals surface area (Å²) in [6.45, 7) is 4.54. The van der Waals surface area contributed by atoms with Gasteiger partial charge in [-0.25, -0.2) is 4.39 Å². The van der Waals surface area contributed by atoms with Crippen molar-refractivity contribution in [2.24, 2.45) is 5.73 Å². The molecule has 19 heavy (non-hydrogen) atoms. The van der Waals surface area contributed by atoms with Crippen LogP contribution in [0.5, 0.6) is 0 Å². The van der Waals surface area contributed by atoms with Crippen molar-refractivity contribution in [3.8, 4) is 11.1 Å². The zero-order valence-corrected chi connectivity index (χ0v) is 12.4. The average Bonchev–Trinajstić information content (AvgIpc) is 2.27. The highest BCUT2D eigenvalue weighted by Gasteiger charge is 2.07. The molecule has 0 spiro atoms. The van der Waals surface area contributed by atoms with Gasteiger partial charge in [-0.15, -0.1) is 12.4 Å². The maximum Gasteiger partial charge on any atom is 0.125 e. The third kappa shape index (κ3) is 3.47. The van der Waals surface area contributed by atoms with Crippen LogP contribution < -0.4 is 5.73 Å². The SMILES string of the molecule is Cc1cc(-c2cc(F)cc(Cl)c2)cc(C)c1CN.Cl. The van der Waals surface area contributed by atoms with E-state index in [9.17, 15) is 4.39 Å². The fourth-order valence-electron chi connectivity index (χ4n) is 2.20. The second-order valence-electron chi connectivity index (χ2n) is 4.45. The van der Waals surface area contributed by atoms with Gasteiger partial charge in [0, 0.05) is 11.6 Å². The monoisotopic (exact) mass is 299 g/mol. The molecule has 2 rings (SSSR count). The molecule has 0 saturated carbocycles. The summed E-state index contributed by atoms with van der Waals surface area (Å²) in [4.78, 5) is 0. The Morgan fingerprint density at radius 2 is 1.53 bits per heavy atom. The number of hydrogen-bond donors (Lipinski definition) is 1. The minimum Gasteiger partial charge on any atom is -0.326 e. The lowest BCUT2D eigenvalue weighted by Crippen LogP contribution is -2.02. The van der Waals surface area contributed by atoms with Crippen LogP contribution in [-0.4, -0.2) is 0 Å². The lowest BCUT2D eigenvalue weighted by molar-refractivity contribution is 0.628. The van der Waals surface area contributed by atoms with Crippen LogP contribution in [0.15, 0.2) is 30.3 Å². The molecule has 0 aliphatic heterocycles. The van der Waals surface area contributed by atoms with Crippen molar-refractivity contribution < 1.29 is 4.39 Å². The van der Waals surface area contributed by atoms with E-state index in [0.29, 0.717) is 11.6 Å². The fourth-order valence-corrected chi connectivity index (χ4v) is 2.42. The first kappa shape index (κ1) is 16.0. The van der Waals surface area contributed by atoms with E-state index in [1.54, 1.807) is 6.07 Å². The highest BCUT2D eigenvalue weighted by atomic mass is 35.5. The highest BCUT2D eigenvalue weighted by molar-refractivity contribution is 6.30. The van der Waals surface area contributed by atoms with Crippen LogP contribution in [0.1, 0.15) is 16.7 Å². The summed E-state index contributed by atoms with van der Waals surface area (Å²) in [7, 11) is 0. The lowest BCUT2D eigenvalue weighted by atomic mass is 9.95. The molecule has 0 fully saturated rings. The summed E-state index contributed by atoms with van der Waals surface area (Å²) >= 11 is 5.88. The maximum atomic E-state index is 13.4. The molecule has 2 aromatic rings. The van der Waals surface area contributed by atoms with E-state index in [0.717, 1.165) is 27.8 Å². The largest absolute Gasteiger partial charge is 0.326 e. The number of rotatable bonds is 2. The molecule has 4 heteroatoms. The van der Waals surface area contributed by atoms with Gasteiger partial charge in [0.05, 0.1) is 0 Å². The van der Waals surface area contributed by atoms with Crippen molar-refractivity contribution in [3.05, 3.63) is 57.9 Å². The van der Waals surface area contributed by atoms with Gasteiger partial charge in [0.25, 0.3) is 0 Å². The third-order valence-electron chi connectivity index (χ3n) is 3.10. The summed E-state index contributed by atoms with van der Waals surface area (Å²) in [5.74, 6) is -0.323. The Morgan fingerprint density at radius 3 is 2.00 bits per heavy atom. The molecular weight excluding hydrogens is 284 g/mol. The van der Waals surface area contributed by atoms with E-state index in [4.69, 9.17) is 17.3 Å². The quantitative estimate of drug-likeness (QED) is 0.859. The maximum absolute atomic E-state index is 13.4. The second-order valence-corrected chi connectivity index (χ2v) is 4.89. The molecule has 102 valence electrons. The minimum atomic E-state index is -0.323. The Balaban J connectivity index is 0.00000180. The fraction of sp³-hybridized carbons (Fsp3) is 0.200. The molecule has 1 nitrogen and oxygen atoms in total. The summed E-state index contributed by atoms with van der Waals surface area (Å²) in [6, 6.07) is 8.59. The predicted molar refractivity (Wildman–Crippen MR) is 81.5 cm³/mol. The Bertz CT molecular complexity index is 553. The summed E-state index contributed by atoms with van der Waals surface area (Å²) < 4.78 is 13.4. The van der Waals surface area contributed by atoms with Crippen LogP contribution in [0.3, 0.4) is 0 Å². The van der Waals surface area contributed by atoms with Crippen LogP contribution >= 0.6 is 24.0 Å². The predicted octanol–water partition coefficient (Wildman–Crippen LogP) is 4.64. The topological polar surface area (TPSA) is 26.0 Å². The van der Waals surface area contributed by atoms with Gasteiger partial charge < -0.3 is 5.73 Å². The molecule has 0 saturated heterocycles. The molecule has 2 N–H and O–H groups in total. The second kappa shape index (κ2) is 6.38. The first-order valence-corrected chi connectivity index (χ1v) is 6.15. The van der Waals surface area contributed by atoms with E-state index in [2.05, 4.69) is 0 Å². The standard InChI is InChI=1S/C15H15ClFN.ClH/c1-9-3-11(4-10(2)15(9)8-18)12-5-13(16)7-14(17)6-12;/h3-7H,8,18H2,1-2H3;1H. The van der Waals surface area contributed by atoms with Crippen LogP contribution in [0.2, 0.25) is 5.02 Å². The normalized spacial score (nSPS) is 10.2. The molecule has 0 atom stereocenters. The average molecular weight is 300 g/mol. The Kier molecular flexibility index (Phi) is 5.36. The van der Waals surface area contributed by atoms with Gasteiger partial charge in [-0.1, -0.05) is 23.7 Å². The van der Waals surface area contributed by atoms with Gasteiger partial charge in [0.1, 0.15) is 5.82 Å². The summed E-state index contributed by atoms with van der Waals surface area (Å²) in [5, 5.41) is 0.406. The molecule has 0 unspecified atom stereocenters. The first-order valence-electron chi connectivity index (χ1n) is 5.78. The minimum absolute atomic E-state index is 0. The van der Waals surface area contributed by atoms with E-state index in [1.807, 2.05) is 26.0 Å². The molecule has 0 heterocycles. The van der Waals surface area contributed by atoms with Crippen molar-refractivity contribution in [1.29, 1.82) is 0 Å². The molecular formula is C15H16Cl2FN. The lowest BCUT2D eigenvalue weighted by Gasteiger charge is -2.11. The Morgan fingerprint density at radius 1 is 1.00 bits per heavy atom. The van der Waals surface area contributed by atoms with Gasteiger partial charge >= 0.3 is 0 Å². The van der Waals surface area contributed by atoms with E-state index in [-0.39, 0.29) is 18.2 Å². The summed E-state index contributed by atoms with van der Waals surface area (Å²) in [6.07, 6.45) is 0. The number of nitrogens with two attached hydrogens (primary N) is 1. The van der Waals surface area contributed by atoms with Crippen molar-refractivity contribution in [2.45, 2.75) is 20.4 Å². The van der Waals surface area contributed by atoms with E-state index >= 15 is 0 Å². The third-order valence-corrected chi connectivity index (χ3v) is 3.31. The highest BCUT2D eigenvalue weighted by Crippen LogP contribution is 2.28. The molecule has 0 aromatic heterocycles. The molecule has 2 aromatic carbocycles. The van der Waals surface area contributed by atoms with E-state index in [1.165, 1.54) is 12.1 Å². The van der Waals surface area contributed by atoms with Gasteiger partial charge in [0.2, 0.25) is 0 Å². The number of halogens is 3. The molecule has 0 aliphatic carbocycles. The zero-order chi connectivity index (χ0) is 13.3. The van der Waals surface area contributed by atoms with Crippen LogP contribution in [0.25, 0.3) is 11.1 Å². The van der Waals surface area contributed by atoms with E-state index < -0.39 is 0 Å². The molecule has 0 bridgehead atoms. The van der Waals surface area contributed by atoms with Gasteiger partial charge in [-0.2, -0.15) is 0 Å². The van der Waals surface area contributed by atoms with Gasteiger partial charge in [0.15, 0.2) is 0 Å².